The first-order chi connectivity index (χ1) is 10.6. The van der Waals surface area contributed by atoms with E-state index < -0.39 is 10.8 Å². The number of nitro groups is 1. The molecule has 0 heterocycles. The van der Waals surface area contributed by atoms with Crippen molar-refractivity contribution in [1.29, 1.82) is 5.26 Å². The summed E-state index contributed by atoms with van der Waals surface area (Å²) in [7, 11) is 0. The number of amides is 1. The summed E-state index contributed by atoms with van der Waals surface area (Å²) < 4.78 is 5.11. The van der Waals surface area contributed by atoms with E-state index in [4.69, 9.17) is 15.1 Å². The van der Waals surface area contributed by atoms with Crippen molar-refractivity contribution in [3.8, 4) is 6.07 Å². The Labute approximate surface area is 127 Å². The molecule has 0 fully saturated rings. The summed E-state index contributed by atoms with van der Waals surface area (Å²) in [6.07, 6.45) is 0.153. The molecule has 0 saturated heterocycles. The summed E-state index contributed by atoms with van der Waals surface area (Å²) in [5.74, 6) is -0.397. The van der Waals surface area contributed by atoms with Gasteiger partial charge in [0.2, 0.25) is 0 Å². The number of benzene rings is 1. The monoisotopic (exact) mass is 307 g/mol. The lowest BCUT2D eigenvalue weighted by Crippen LogP contribution is -2.35. The van der Waals surface area contributed by atoms with Crippen LogP contribution in [0.15, 0.2) is 24.3 Å². The van der Waals surface area contributed by atoms with Gasteiger partial charge in [0.05, 0.1) is 37.2 Å². The lowest BCUT2D eigenvalue weighted by molar-refractivity contribution is -0.384. The molecule has 0 spiro atoms. The Hall–Kier alpha value is -2.50. The van der Waals surface area contributed by atoms with Crippen molar-refractivity contribution in [2.24, 2.45) is 0 Å². The molecule has 0 radical (unpaired) electrons. The van der Waals surface area contributed by atoms with Gasteiger partial charge in [-0.25, -0.2) is 0 Å². The highest BCUT2D eigenvalue weighted by Crippen LogP contribution is 2.15. The van der Waals surface area contributed by atoms with Crippen LogP contribution in [-0.4, -0.2) is 53.7 Å². The van der Waals surface area contributed by atoms with E-state index >= 15 is 0 Å². The number of nitrogens with zero attached hydrogens (tertiary/aromatic N) is 3. The average Bonchev–Trinajstić information content (AvgIpc) is 2.53. The second-order valence-electron chi connectivity index (χ2n) is 4.34. The maximum atomic E-state index is 12.4. The van der Waals surface area contributed by atoms with Crippen molar-refractivity contribution in [2.45, 2.75) is 6.42 Å². The molecule has 0 aliphatic carbocycles. The van der Waals surface area contributed by atoms with Crippen molar-refractivity contribution in [2.75, 3.05) is 32.9 Å². The Kier molecular flexibility index (Phi) is 7.53. The first kappa shape index (κ1) is 17.6. The van der Waals surface area contributed by atoms with Crippen LogP contribution in [0.5, 0.6) is 0 Å². The van der Waals surface area contributed by atoms with E-state index in [1.54, 1.807) is 0 Å². The largest absolute Gasteiger partial charge is 0.394 e. The van der Waals surface area contributed by atoms with Crippen LogP contribution in [0, 0.1) is 21.4 Å². The molecule has 0 bridgehead atoms. The molecule has 0 aliphatic heterocycles. The fourth-order valence-electron chi connectivity index (χ4n) is 1.78. The van der Waals surface area contributed by atoms with Gasteiger partial charge in [-0.15, -0.1) is 0 Å². The zero-order valence-electron chi connectivity index (χ0n) is 12.0. The van der Waals surface area contributed by atoms with E-state index in [0.717, 1.165) is 0 Å². The number of aliphatic hydroxyl groups excluding tert-OH is 1. The molecule has 1 amide bonds. The number of non-ortho nitro benzene ring substituents is 1. The van der Waals surface area contributed by atoms with Crippen LogP contribution in [0.25, 0.3) is 0 Å². The second kappa shape index (κ2) is 9.44. The van der Waals surface area contributed by atoms with Gasteiger partial charge in [-0.3, -0.25) is 14.9 Å². The van der Waals surface area contributed by atoms with Crippen LogP contribution in [0.2, 0.25) is 0 Å². The molecule has 1 rings (SSSR count). The van der Waals surface area contributed by atoms with E-state index in [9.17, 15) is 14.9 Å². The quantitative estimate of drug-likeness (QED) is 0.412. The van der Waals surface area contributed by atoms with Gasteiger partial charge in [-0.2, -0.15) is 5.26 Å². The van der Waals surface area contributed by atoms with Crippen LogP contribution in [0.4, 0.5) is 5.69 Å². The molecular formula is C14H17N3O5. The zero-order chi connectivity index (χ0) is 16.4. The number of hydrogen-bond donors (Lipinski definition) is 1. The molecule has 118 valence electrons. The Morgan fingerprint density at radius 2 is 2.18 bits per heavy atom. The van der Waals surface area contributed by atoms with E-state index in [0.29, 0.717) is 0 Å². The van der Waals surface area contributed by atoms with Crippen molar-refractivity contribution >= 4 is 11.6 Å². The van der Waals surface area contributed by atoms with Gasteiger partial charge in [0.15, 0.2) is 0 Å². The maximum Gasteiger partial charge on any atom is 0.270 e. The van der Waals surface area contributed by atoms with Crippen molar-refractivity contribution in [1.82, 2.24) is 4.90 Å². The third kappa shape index (κ3) is 5.47. The summed E-state index contributed by atoms with van der Waals surface area (Å²) in [5, 5.41) is 28.0. The highest BCUT2D eigenvalue weighted by atomic mass is 16.6. The highest BCUT2D eigenvalue weighted by Gasteiger charge is 2.17. The van der Waals surface area contributed by atoms with E-state index in [2.05, 4.69) is 0 Å². The molecule has 22 heavy (non-hydrogen) atoms. The first-order valence-corrected chi connectivity index (χ1v) is 6.69. The molecule has 0 unspecified atom stereocenters. The third-order valence-electron chi connectivity index (χ3n) is 2.83. The molecule has 0 atom stereocenters. The van der Waals surface area contributed by atoms with Gasteiger partial charge in [0.1, 0.15) is 0 Å². The topological polar surface area (TPSA) is 117 Å². The highest BCUT2D eigenvalue weighted by molar-refractivity contribution is 5.94. The first-order valence-electron chi connectivity index (χ1n) is 6.69. The summed E-state index contributed by atoms with van der Waals surface area (Å²) >= 11 is 0. The van der Waals surface area contributed by atoms with Crippen LogP contribution in [-0.2, 0) is 4.74 Å². The molecular weight excluding hydrogens is 290 g/mol. The number of nitriles is 1. The minimum absolute atomic E-state index is 0.114. The van der Waals surface area contributed by atoms with Crippen LogP contribution in [0.3, 0.4) is 0 Å². The van der Waals surface area contributed by atoms with E-state index in [1.807, 2.05) is 6.07 Å². The lowest BCUT2D eigenvalue weighted by atomic mass is 10.1. The normalized spacial score (nSPS) is 10.0. The summed E-state index contributed by atoms with van der Waals surface area (Å²) in [5.41, 5.74) is 0.0249. The maximum absolute atomic E-state index is 12.4. The Balaban J connectivity index is 2.79. The fraction of sp³-hybridized carbons (Fsp3) is 0.429. The third-order valence-corrected chi connectivity index (χ3v) is 2.83. The van der Waals surface area contributed by atoms with Crippen molar-refractivity contribution in [3.63, 3.8) is 0 Å². The van der Waals surface area contributed by atoms with Gasteiger partial charge in [-0.05, 0) is 6.07 Å². The second-order valence-corrected chi connectivity index (χ2v) is 4.34. The molecule has 8 nitrogen and oxygen atoms in total. The number of rotatable bonds is 9. The van der Waals surface area contributed by atoms with Gasteiger partial charge in [0.25, 0.3) is 11.6 Å². The number of hydrogen-bond acceptors (Lipinski definition) is 6. The number of carbonyl (C=O) groups excluding carboxylic acids is 1. The molecule has 1 aromatic carbocycles. The minimum atomic E-state index is -0.569. The predicted molar refractivity (Wildman–Crippen MR) is 77.1 cm³/mol. The zero-order valence-corrected chi connectivity index (χ0v) is 12.0. The minimum Gasteiger partial charge on any atom is -0.394 e. The molecule has 1 aromatic rings. The van der Waals surface area contributed by atoms with Gasteiger partial charge >= 0.3 is 0 Å². The van der Waals surface area contributed by atoms with Crippen LogP contribution < -0.4 is 0 Å². The number of aliphatic hydroxyl groups is 1. The van der Waals surface area contributed by atoms with Crippen molar-refractivity contribution in [3.05, 3.63) is 39.9 Å². The Morgan fingerprint density at radius 3 is 2.82 bits per heavy atom. The van der Waals surface area contributed by atoms with Crippen LogP contribution in [0.1, 0.15) is 16.8 Å². The molecule has 0 aromatic heterocycles. The van der Waals surface area contributed by atoms with E-state index in [1.165, 1.54) is 29.2 Å². The summed E-state index contributed by atoms with van der Waals surface area (Å²) in [6, 6.07) is 7.39. The fourth-order valence-corrected chi connectivity index (χ4v) is 1.78. The standard InChI is InChI=1S/C14H17N3O5/c15-5-2-6-16(7-9-22-10-8-18)14(19)12-3-1-4-13(11-12)17(20)21/h1,3-4,11,18H,2,6-10H2. The Bertz CT molecular complexity index is 556. The molecule has 8 heteroatoms. The number of ether oxygens (including phenoxy) is 1. The van der Waals surface area contributed by atoms with Gasteiger partial charge < -0.3 is 14.7 Å². The van der Waals surface area contributed by atoms with Crippen molar-refractivity contribution < 1.29 is 19.6 Å². The number of carbonyl (C=O) groups is 1. The Morgan fingerprint density at radius 1 is 1.41 bits per heavy atom. The van der Waals surface area contributed by atoms with E-state index in [-0.39, 0.29) is 50.6 Å². The molecule has 0 aliphatic rings. The molecule has 0 saturated carbocycles. The molecule has 1 N–H and O–H groups in total. The number of nitro benzene ring substituents is 1. The van der Waals surface area contributed by atoms with Gasteiger partial charge in [0, 0.05) is 30.8 Å². The lowest BCUT2D eigenvalue weighted by Gasteiger charge is -2.21. The predicted octanol–water partition coefficient (Wildman–Crippen LogP) is 0.960. The average molecular weight is 307 g/mol. The van der Waals surface area contributed by atoms with Gasteiger partial charge in [-0.1, -0.05) is 6.07 Å². The SMILES string of the molecule is N#CCCN(CCOCCO)C(=O)c1cccc([N+](=O)[O-])c1. The summed E-state index contributed by atoms with van der Waals surface area (Å²) in [4.78, 5) is 24.0. The summed E-state index contributed by atoms with van der Waals surface area (Å²) in [6.45, 7) is 0.713. The smallest absolute Gasteiger partial charge is 0.270 e. The van der Waals surface area contributed by atoms with Crippen LogP contribution >= 0.6 is 0 Å².